The molecule has 4 nitrogen and oxygen atoms in total. The molecule has 0 saturated heterocycles. The smallest absolute Gasteiger partial charge is 0.471 e. The van der Waals surface area contributed by atoms with Crippen LogP contribution in [0.1, 0.15) is 15.9 Å². The molecule has 18 heavy (non-hydrogen) atoms. The van der Waals surface area contributed by atoms with Crippen molar-refractivity contribution in [1.29, 1.82) is 0 Å². The first-order chi connectivity index (χ1) is 8.12. The predicted octanol–water partition coefficient (Wildman–Crippen LogP) is 2.33. The van der Waals surface area contributed by atoms with Gasteiger partial charge in [0, 0.05) is 0 Å². The number of halogens is 4. The zero-order valence-corrected chi connectivity index (χ0v) is 8.93. The molecule has 8 heteroatoms. The number of alkyl halides is 3. The molecular weight excluding hydrogens is 258 g/mol. The molecule has 0 heterocycles. The largest absolute Gasteiger partial charge is 0.478 e. The SMILES string of the molecule is Cc1cc(NC(=O)C(F)(F)F)c(F)cc1C(=O)O. The highest BCUT2D eigenvalue weighted by Gasteiger charge is 2.39. The van der Waals surface area contributed by atoms with Gasteiger partial charge in [-0.05, 0) is 24.6 Å². The van der Waals surface area contributed by atoms with Gasteiger partial charge in [-0.2, -0.15) is 13.2 Å². The first-order valence-electron chi connectivity index (χ1n) is 4.54. The van der Waals surface area contributed by atoms with Crippen molar-refractivity contribution in [1.82, 2.24) is 0 Å². The van der Waals surface area contributed by atoms with Crippen LogP contribution in [0, 0.1) is 12.7 Å². The molecule has 0 bridgehead atoms. The fourth-order valence-electron chi connectivity index (χ4n) is 1.20. The van der Waals surface area contributed by atoms with Gasteiger partial charge in [0.15, 0.2) is 0 Å². The van der Waals surface area contributed by atoms with Crippen LogP contribution in [0.15, 0.2) is 12.1 Å². The third-order valence-corrected chi connectivity index (χ3v) is 2.05. The summed E-state index contributed by atoms with van der Waals surface area (Å²) in [6.45, 7) is 1.27. The summed E-state index contributed by atoms with van der Waals surface area (Å²) in [5, 5.41) is 9.98. The average Bonchev–Trinajstić information content (AvgIpc) is 2.21. The van der Waals surface area contributed by atoms with Gasteiger partial charge in [-0.15, -0.1) is 0 Å². The van der Waals surface area contributed by atoms with Crippen LogP contribution in [0.25, 0.3) is 0 Å². The number of rotatable bonds is 2. The number of carbonyl (C=O) groups excluding carboxylic acids is 1. The summed E-state index contributed by atoms with van der Waals surface area (Å²) in [6.07, 6.45) is -5.15. The molecule has 0 spiro atoms. The van der Waals surface area contributed by atoms with Gasteiger partial charge in [0.2, 0.25) is 0 Å². The summed E-state index contributed by atoms with van der Waals surface area (Å²) in [6, 6.07) is 1.37. The molecule has 0 aliphatic heterocycles. The number of carboxylic acids is 1. The van der Waals surface area contributed by atoms with Crippen LogP contribution in [0.2, 0.25) is 0 Å². The van der Waals surface area contributed by atoms with E-state index in [2.05, 4.69) is 0 Å². The minimum atomic E-state index is -5.15. The van der Waals surface area contributed by atoms with Crippen molar-refractivity contribution >= 4 is 17.6 Å². The summed E-state index contributed by atoms with van der Waals surface area (Å²) >= 11 is 0. The normalized spacial score (nSPS) is 11.2. The van der Waals surface area contributed by atoms with Crippen LogP contribution < -0.4 is 5.32 Å². The number of nitrogens with one attached hydrogen (secondary N) is 1. The zero-order chi connectivity index (χ0) is 14.1. The summed E-state index contributed by atoms with van der Waals surface area (Å²) in [5.74, 6) is -5.00. The Labute approximate surface area is 98.2 Å². The standard InChI is InChI=1S/C10H7F4NO3/c1-4-2-7(15-9(18)10(12,13)14)6(11)3-5(4)8(16)17/h2-3H,1H3,(H,15,18)(H,16,17). The van der Waals surface area contributed by atoms with Crippen LogP contribution in [0.5, 0.6) is 0 Å². The van der Waals surface area contributed by atoms with Gasteiger partial charge in [-0.25, -0.2) is 9.18 Å². The second-order valence-corrected chi connectivity index (χ2v) is 3.40. The number of amides is 1. The van der Waals surface area contributed by atoms with Gasteiger partial charge in [0.25, 0.3) is 0 Å². The minimum absolute atomic E-state index is 0.0291. The first-order valence-corrected chi connectivity index (χ1v) is 4.54. The Hall–Kier alpha value is -2.12. The Morgan fingerprint density at radius 3 is 2.28 bits per heavy atom. The first kappa shape index (κ1) is 13.9. The van der Waals surface area contributed by atoms with E-state index in [0.29, 0.717) is 6.07 Å². The maximum absolute atomic E-state index is 13.3. The van der Waals surface area contributed by atoms with Crippen molar-refractivity contribution in [2.45, 2.75) is 13.1 Å². The van der Waals surface area contributed by atoms with E-state index in [1.54, 1.807) is 0 Å². The van der Waals surface area contributed by atoms with E-state index >= 15 is 0 Å². The van der Waals surface area contributed by atoms with E-state index in [9.17, 15) is 27.2 Å². The molecule has 1 aromatic carbocycles. The number of aryl methyl sites for hydroxylation is 1. The molecular formula is C10H7F4NO3. The second-order valence-electron chi connectivity index (χ2n) is 3.40. The lowest BCUT2D eigenvalue weighted by molar-refractivity contribution is -0.167. The lowest BCUT2D eigenvalue weighted by atomic mass is 10.1. The number of anilines is 1. The Bertz CT molecular complexity index is 511. The third-order valence-electron chi connectivity index (χ3n) is 2.05. The molecule has 0 unspecified atom stereocenters. The fourth-order valence-corrected chi connectivity index (χ4v) is 1.20. The molecule has 0 fully saturated rings. The van der Waals surface area contributed by atoms with Crippen molar-refractivity contribution in [3.63, 3.8) is 0 Å². The molecule has 0 radical (unpaired) electrons. The number of carboxylic acid groups (broad SMARTS) is 1. The van der Waals surface area contributed by atoms with E-state index in [4.69, 9.17) is 5.11 Å². The molecule has 1 amide bonds. The van der Waals surface area contributed by atoms with E-state index in [1.165, 1.54) is 12.2 Å². The highest BCUT2D eigenvalue weighted by Crippen LogP contribution is 2.23. The number of hydrogen-bond donors (Lipinski definition) is 2. The Balaban J connectivity index is 3.10. The number of hydrogen-bond acceptors (Lipinski definition) is 2. The van der Waals surface area contributed by atoms with Gasteiger partial charge >= 0.3 is 18.1 Å². The van der Waals surface area contributed by atoms with Crippen molar-refractivity contribution in [2.75, 3.05) is 5.32 Å². The fraction of sp³-hybridized carbons (Fsp3) is 0.200. The lowest BCUT2D eigenvalue weighted by Gasteiger charge is -2.10. The van der Waals surface area contributed by atoms with Crippen molar-refractivity contribution in [2.24, 2.45) is 0 Å². The molecule has 0 aliphatic carbocycles. The Morgan fingerprint density at radius 1 is 1.28 bits per heavy atom. The highest BCUT2D eigenvalue weighted by molar-refractivity contribution is 5.96. The van der Waals surface area contributed by atoms with Gasteiger partial charge in [0.05, 0.1) is 11.3 Å². The average molecular weight is 265 g/mol. The number of benzene rings is 1. The van der Waals surface area contributed by atoms with Crippen LogP contribution >= 0.6 is 0 Å². The maximum atomic E-state index is 13.3. The number of aromatic carboxylic acids is 1. The Kier molecular flexibility index (Phi) is 3.59. The molecule has 0 atom stereocenters. The molecule has 0 aliphatic rings. The zero-order valence-electron chi connectivity index (χ0n) is 8.93. The molecule has 98 valence electrons. The molecule has 0 saturated carbocycles. The summed E-state index contributed by atoms with van der Waals surface area (Å²) in [7, 11) is 0. The van der Waals surface area contributed by atoms with Gasteiger partial charge in [0.1, 0.15) is 5.82 Å². The quantitative estimate of drug-likeness (QED) is 0.806. The van der Waals surface area contributed by atoms with Crippen molar-refractivity contribution in [3.05, 3.63) is 29.1 Å². The molecule has 2 N–H and O–H groups in total. The highest BCUT2D eigenvalue weighted by atomic mass is 19.4. The Morgan fingerprint density at radius 2 is 1.83 bits per heavy atom. The van der Waals surface area contributed by atoms with Crippen molar-refractivity contribution < 1.29 is 32.3 Å². The van der Waals surface area contributed by atoms with E-state index in [1.807, 2.05) is 0 Å². The van der Waals surface area contributed by atoms with E-state index in [-0.39, 0.29) is 5.56 Å². The molecule has 1 aromatic rings. The molecule has 1 rings (SSSR count). The lowest BCUT2D eigenvalue weighted by Crippen LogP contribution is -2.30. The van der Waals surface area contributed by atoms with Crippen molar-refractivity contribution in [3.8, 4) is 0 Å². The topological polar surface area (TPSA) is 66.4 Å². The summed E-state index contributed by atoms with van der Waals surface area (Å²) < 4.78 is 49.1. The summed E-state index contributed by atoms with van der Waals surface area (Å²) in [4.78, 5) is 21.2. The van der Waals surface area contributed by atoms with E-state index < -0.39 is 35.1 Å². The van der Waals surface area contributed by atoms with Crippen LogP contribution in [-0.4, -0.2) is 23.2 Å². The van der Waals surface area contributed by atoms with Gasteiger partial charge in [-0.3, -0.25) is 4.79 Å². The van der Waals surface area contributed by atoms with Crippen LogP contribution in [-0.2, 0) is 4.79 Å². The van der Waals surface area contributed by atoms with Crippen LogP contribution in [0.4, 0.5) is 23.2 Å². The van der Waals surface area contributed by atoms with Crippen LogP contribution in [0.3, 0.4) is 0 Å². The monoisotopic (exact) mass is 265 g/mol. The van der Waals surface area contributed by atoms with Gasteiger partial charge in [-0.1, -0.05) is 0 Å². The predicted molar refractivity (Wildman–Crippen MR) is 52.8 cm³/mol. The summed E-state index contributed by atoms with van der Waals surface area (Å²) in [5.41, 5.74) is -1.08. The van der Waals surface area contributed by atoms with Gasteiger partial charge < -0.3 is 10.4 Å². The molecule has 0 aromatic heterocycles. The number of carbonyl (C=O) groups is 2. The second kappa shape index (κ2) is 4.63. The third kappa shape index (κ3) is 2.96. The minimum Gasteiger partial charge on any atom is -0.478 e. The maximum Gasteiger partial charge on any atom is 0.471 e. The van der Waals surface area contributed by atoms with E-state index in [0.717, 1.165) is 6.07 Å².